The van der Waals surface area contributed by atoms with Crippen LogP contribution < -0.4 is 5.32 Å². The summed E-state index contributed by atoms with van der Waals surface area (Å²) in [7, 11) is 0. The summed E-state index contributed by atoms with van der Waals surface area (Å²) in [6, 6.07) is 3.80. The Balaban J connectivity index is 1.84. The molecule has 3 nitrogen and oxygen atoms in total. The fourth-order valence-electron chi connectivity index (χ4n) is 2.32. The van der Waals surface area contributed by atoms with E-state index in [1.165, 1.54) is 12.1 Å². The molecule has 0 saturated heterocycles. The summed E-state index contributed by atoms with van der Waals surface area (Å²) in [5.41, 5.74) is 0.674. The second kappa shape index (κ2) is 6.31. The first-order valence-electron chi connectivity index (χ1n) is 6.86. The number of aliphatic hydroxyl groups excluding tert-OH is 1. The third kappa shape index (κ3) is 3.54. The molecule has 1 aromatic rings. The molecule has 2 rings (SSSR count). The fraction of sp³-hybridized carbons (Fsp3) is 0.533. The van der Waals surface area contributed by atoms with Crippen LogP contribution in [-0.2, 0) is 4.79 Å². The zero-order chi connectivity index (χ0) is 14.7. The summed E-state index contributed by atoms with van der Waals surface area (Å²) >= 11 is 0. The highest BCUT2D eigenvalue weighted by atomic mass is 19.2. The summed E-state index contributed by atoms with van der Waals surface area (Å²) < 4.78 is 26.0. The number of benzene rings is 1. The lowest BCUT2D eigenvalue weighted by Gasteiger charge is -2.11. The molecule has 20 heavy (non-hydrogen) atoms. The molecule has 3 atom stereocenters. The van der Waals surface area contributed by atoms with Gasteiger partial charge in [0.2, 0.25) is 5.91 Å². The van der Waals surface area contributed by atoms with Gasteiger partial charge in [0.25, 0.3) is 0 Å². The van der Waals surface area contributed by atoms with E-state index in [9.17, 15) is 13.6 Å². The Kier molecular flexibility index (Phi) is 4.70. The average molecular weight is 283 g/mol. The topological polar surface area (TPSA) is 49.3 Å². The molecule has 2 N–H and O–H groups in total. The number of hydrogen-bond acceptors (Lipinski definition) is 2. The van der Waals surface area contributed by atoms with Gasteiger partial charge in [-0.15, -0.1) is 0 Å². The monoisotopic (exact) mass is 283 g/mol. The van der Waals surface area contributed by atoms with Crippen LogP contribution in [0.2, 0.25) is 0 Å². The molecule has 1 fully saturated rings. The van der Waals surface area contributed by atoms with Gasteiger partial charge in [0, 0.05) is 19.1 Å². The van der Waals surface area contributed by atoms with Crippen molar-refractivity contribution in [1.82, 2.24) is 5.32 Å². The summed E-state index contributed by atoms with van der Waals surface area (Å²) in [6.07, 6.45) is 1.32. The van der Waals surface area contributed by atoms with Crippen LogP contribution in [0.15, 0.2) is 18.2 Å². The number of carbonyl (C=O) groups is 1. The van der Waals surface area contributed by atoms with Gasteiger partial charge in [-0.25, -0.2) is 8.78 Å². The molecule has 0 bridgehead atoms. The van der Waals surface area contributed by atoms with Crippen molar-refractivity contribution < 1.29 is 18.7 Å². The van der Waals surface area contributed by atoms with Crippen molar-refractivity contribution in [3.8, 4) is 0 Å². The van der Waals surface area contributed by atoms with Crippen molar-refractivity contribution >= 4 is 5.91 Å². The third-order valence-electron chi connectivity index (χ3n) is 3.75. The van der Waals surface area contributed by atoms with E-state index in [-0.39, 0.29) is 30.3 Å². The second-order valence-electron chi connectivity index (χ2n) is 5.48. The van der Waals surface area contributed by atoms with E-state index in [2.05, 4.69) is 5.32 Å². The lowest BCUT2D eigenvalue weighted by Crippen LogP contribution is -2.30. The molecule has 1 saturated carbocycles. The number of rotatable bonds is 6. The minimum atomic E-state index is -0.870. The Labute approximate surface area is 117 Å². The summed E-state index contributed by atoms with van der Waals surface area (Å²) in [5.74, 6) is -1.73. The van der Waals surface area contributed by atoms with Crippen molar-refractivity contribution in [2.24, 2.45) is 11.8 Å². The molecule has 5 heteroatoms. The largest absolute Gasteiger partial charge is 0.396 e. The van der Waals surface area contributed by atoms with Crippen molar-refractivity contribution in [2.45, 2.75) is 25.7 Å². The number of aliphatic hydroxyl groups is 1. The molecule has 1 amide bonds. The predicted molar refractivity (Wildman–Crippen MR) is 71.1 cm³/mol. The van der Waals surface area contributed by atoms with Crippen molar-refractivity contribution in [3.05, 3.63) is 35.4 Å². The highest BCUT2D eigenvalue weighted by Crippen LogP contribution is 2.47. The van der Waals surface area contributed by atoms with Crippen LogP contribution in [0.3, 0.4) is 0 Å². The van der Waals surface area contributed by atoms with Gasteiger partial charge in [-0.2, -0.15) is 0 Å². The molecule has 110 valence electrons. The van der Waals surface area contributed by atoms with Gasteiger partial charge in [0.1, 0.15) is 0 Å². The van der Waals surface area contributed by atoms with E-state index in [4.69, 9.17) is 5.11 Å². The lowest BCUT2D eigenvalue weighted by atomic mass is 10.1. The second-order valence-corrected chi connectivity index (χ2v) is 5.48. The minimum absolute atomic E-state index is 0.0155. The van der Waals surface area contributed by atoms with Crippen LogP contribution in [-0.4, -0.2) is 24.2 Å². The Hall–Kier alpha value is -1.49. The Morgan fingerprint density at radius 3 is 2.85 bits per heavy atom. The minimum Gasteiger partial charge on any atom is -0.396 e. The number of halogens is 2. The first kappa shape index (κ1) is 14.9. The highest BCUT2D eigenvalue weighted by Gasteiger charge is 2.44. The van der Waals surface area contributed by atoms with E-state index < -0.39 is 11.6 Å². The van der Waals surface area contributed by atoms with E-state index in [1.807, 2.05) is 6.92 Å². The normalized spacial score (nSPS) is 22.4. The van der Waals surface area contributed by atoms with Gasteiger partial charge < -0.3 is 10.4 Å². The Morgan fingerprint density at radius 1 is 1.45 bits per heavy atom. The molecule has 1 aliphatic rings. The molecular weight excluding hydrogens is 264 g/mol. The number of carbonyl (C=O) groups excluding carboxylic acids is 1. The maximum Gasteiger partial charge on any atom is 0.223 e. The van der Waals surface area contributed by atoms with Crippen molar-refractivity contribution in [2.75, 3.05) is 13.2 Å². The molecule has 0 heterocycles. The van der Waals surface area contributed by atoms with Crippen LogP contribution >= 0.6 is 0 Å². The van der Waals surface area contributed by atoms with Crippen molar-refractivity contribution in [3.63, 3.8) is 0 Å². The third-order valence-corrected chi connectivity index (χ3v) is 3.75. The zero-order valence-electron chi connectivity index (χ0n) is 11.4. The highest BCUT2D eigenvalue weighted by molar-refractivity contribution is 5.82. The molecule has 0 radical (unpaired) electrons. The molecule has 3 unspecified atom stereocenters. The first-order valence-corrected chi connectivity index (χ1v) is 6.86. The summed E-state index contributed by atoms with van der Waals surface area (Å²) in [5, 5.41) is 11.6. The van der Waals surface area contributed by atoms with Crippen molar-refractivity contribution in [1.29, 1.82) is 0 Å². The van der Waals surface area contributed by atoms with E-state index in [0.717, 1.165) is 6.07 Å². The fourth-order valence-corrected chi connectivity index (χ4v) is 2.32. The summed E-state index contributed by atoms with van der Waals surface area (Å²) in [6.45, 7) is 2.59. The maximum atomic E-state index is 13.1. The maximum absolute atomic E-state index is 13.1. The van der Waals surface area contributed by atoms with Gasteiger partial charge in [-0.1, -0.05) is 13.0 Å². The molecule has 1 aromatic carbocycles. The van der Waals surface area contributed by atoms with Crippen LogP contribution in [0.5, 0.6) is 0 Å². The quantitative estimate of drug-likeness (QED) is 0.841. The number of hydrogen-bond donors (Lipinski definition) is 2. The van der Waals surface area contributed by atoms with Crippen LogP contribution in [0.1, 0.15) is 31.2 Å². The average Bonchev–Trinajstić information content (AvgIpc) is 3.20. The van der Waals surface area contributed by atoms with Crippen LogP contribution in [0.25, 0.3) is 0 Å². The van der Waals surface area contributed by atoms with Gasteiger partial charge in [0.05, 0.1) is 0 Å². The lowest BCUT2D eigenvalue weighted by molar-refractivity contribution is -0.122. The smallest absolute Gasteiger partial charge is 0.223 e. The Bertz CT molecular complexity index is 493. The molecule has 0 aliphatic heterocycles. The molecular formula is C15H19F2NO2. The van der Waals surface area contributed by atoms with Gasteiger partial charge in [0.15, 0.2) is 11.6 Å². The molecule has 0 aromatic heterocycles. The van der Waals surface area contributed by atoms with E-state index in [1.54, 1.807) is 0 Å². The van der Waals surface area contributed by atoms with Crippen LogP contribution in [0, 0.1) is 23.5 Å². The number of nitrogens with one attached hydrogen (secondary N) is 1. The van der Waals surface area contributed by atoms with Gasteiger partial charge in [-0.3, -0.25) is 4.79 Å². The van der Waals surface area contributed by atoms with Gasteiger partial charge in [-0.05, 0) is 42.4 Å². The standard InChI is InChI=1S/C15H19F2NO2/c1-9(4-5-19)8-18-15(20)12-7-11(12)10-2-3-13(16)14(17)6-10/h2-3,6,9,11-12,19H,4-5,7-8H2,1H3,(H,18,20). The van der Waals surface area contributed by atoms with E-state index in [0.29, 0.717) is 24.9 Å². The predicted octanol–water partition coefficient (Wildman–Crippen LogP) is 2.20. The number of amides is 1. The SMILES string of the molecule is CC(CCO)CNC(=O)C1CC1c1ccc(F)c(F)c1. The van der Waals surface area contributed by atoms with E-state index >= 15 is 0 Å². The van der Waals surface area contributed by atoms with Crippen LogP contribution in [0.4, 0.5) is 8.78 Å². The van der Waals surface area contributed by atoms with Gasteiger partial charge >= 0.3 is 0 Å². The first-order chi connectivity index (χ1) is 9.52. The Morgan fingerprint density at radius 2 is 2.20 bits per heavy atom. The summed E-state index contributed by atoms with van der Waals surface area (Å²) in [4.78, 5) is 11.9. The molecule has 1 aliphatic carbocycles. The zero-order valence-corrected chi connectivity index (χ0v) is 11.4. The molecule has 0 spiro atoms.